The molecule has 1 aromatic rings. The average molecular weight is 266 g/mol. The third-order valence-electron chi connectivity index (χ3n) is 2.07. The van der Waals surface area contributed by atoms with E-state index in [1.165, 1.54) is 0 Å². The van der Waals surface area contributed by atoms with Crippen molar-refractivity contribution in [3.05, 3.63) is 35.4 Å². The van der Waals surface area contributed by atoms with Gasteiger partial charge in [0.05, 0.1) is 5.56 Å². The summed E-state index contributed by atoms with van der Waals surface area (Å²) in [6, 6.07) is 4.07. The highest BCUT2D eigenvalue weighted by molar-refractivity contribution is 6.17. The Kier molecular flexibility index (Phi) is 4.81. The molecule has 2 nitrogen and oxygen atoms in total. The number of carbonyl (C=O) groups is 1. The highest BCUT2D eigenvalue weighted by Crippen LogP contribution is 2.28. The Morgan fingerprint density at radius 1 is 1.24 bits per heavy atom. The van der Waals surface area contributed by atoms with Crippen LogP contribution in [-0.2, 0) is 6.18 Å². The monoisotopic (exact) mass is 265 g/mol. The van der Waals surface area contributed by atoms with Crippen LogP contribution in [0.1, 0.15) is 22.3 Å². The Labute approximate surface area is 102 Å². The van der Waals surface area contributed by atoms with Crippen molar-refractivity contribution in [2.45, 2.75) is 12.6 Å². The Hall–Kier alpha value is -1.23. The van der Waals surface area contributed by atoms with Crippen LogP contribution in [0.3, 0.4) is 0 Å². The van der Waals surface area contributed by atoms with Crippen molar-refractivity contribution >= 4 is 17.5 Å². The third kappa shape index (κ3) is 4.26. The second-order valence-corrected chi connectivity index (χ2v) is 3.75. The number of hydrogen-bond donors (Lipinski definition) is 1. The van der Waals surface area contributed by atoms with Crippen LogP contribution in [0.5, 0.6) is 0 Å². The first-order valence-corrected chi connectivity index (χ1v) is 5.50. The maximum atomic E-state index is 12.3. The number of carbonyl (C=O) groups excluding carboxylic acids is 1. The molecule has 0 saturated carbocycles. The van der Waals surface area contributed by atoms with Crippen LogP contribution in [0.2, 0.25) is 0 Å². The molecule has 0 fully saturated rings. The van der Waals surface area contributed by atoms with Gasteiger partial charge in [-0.25, -0.2) is 0 Å². The smallest absolute Gasteiger partial charge is 0.352 e. The summed E-state index contributed by atoms with van der Waals surface area (Å²) in [6.45, 7) is 0.406. The zero-order valence-electron chi connectivity index (χ0n) is 8.85. The summed E-state index contributed by atoms with van der Waals surface area (Å²) in [5.74, 6) is 0.0247. The number of alkyl halides is 4. The molecule has 0 aliphatic rings. The van der Waals surface area contributed by atoms with Crippen molar-refractivity contribution in [2.24, 2.45) is 0 Å². The molecular formula is C11H11ClF3NO. The summed E-state index contributed by atoms with van der Waals surface area (Å²) in [6.07, 6.45) is -3.76. The molecule has 0 aliphatic carbocycles. The van der Waals surface area contributed by atoms with Crippen LogP contribution in [-0.4, -0.2) is 18.3 Å². The van der Waals surface area contributed by atoms with Crippen molar-refractivity contribution in [1.82, 2.24) is 5.32 Å². The zero-order valence-corrected chi connectivity index (χ0v) is 9.61. The first-order chi connectivity index (χ1) is 7.95. The second kappa shape index (κ2) is 5.91. The molecule has 1 amide bonds. The van der Waals surface area contributed by atoms with Crippen molar-refractivity contribution < 1.29 is 18.0 Å². The minimum atomic E-state index is -4.38. The fourth-order valence-corrected chi connectivity index (χ4v) is 1.32. The van der Waals surface area contributed by atoms with Crippen LogP contribution in [0.25, 0.3) is 0 Å². The van der Waals surface area contributed by atoms with Crippen molar-refractivity contribution in [3.8, 4) is 0 Å². The van der Waals surface area contributed by atoms with E-state index in [9.17, 15) is 18.0 Å². The van der Waals surface area contributed by atoms with E-state index in [0.717, 1.165) is 24.3 Å². The molecule has 0 radical (unpaired) electrons. The van der Waals surface area contributed by atoms with Gasteiger partial charge in [-0.15, -0.1) is 11.6 Å². The maximum absolute atomic E-state index is 12.3. The summed E-state index contributed by atoms with van der Waals surface area (Å²) in [5, 5.41) is 2.55. The quantitative estimate of drug-likeness (QED) is 0.658. The molecule has 0 atom stereocenters. The molecule has 0 saturated heterocycles. The number of halogens is 4. The highest BCUT2D eigenvalue weighted by atomic mass is 35.5. The van der Waals surface area contributed by atoms with Crippen molar-refractivity contribution in [2.75, 3.05) is 12.4 Å². The molecule has 0 bridgehead atoms. The lowest BCUT2D eigenvalue weighted by atomic mass is 10.1. The lowest BCUT2D eigenvalue weighted by molar-refractivity contribution is -0.137. The standard InChI is InChI=1S/C11H11ClF3NO/c12-6-1-7-16-10(17)8-2-4-9(5-3-8)11(13,14)15/h2-5H,1,6-7H2,(H,16,17). The first-order valence-electron chi connectivity index (χ1n) is 4.96. The van der Waals surface area contributed by atoms with Gasteiger partial charge in [0.2, 0.25) is 0 Å². The van der Waals surface area contributed by atoms with E-state index in [-0.39, 0.29) is 5.56 Å². The van der Waals surface area contributed by atoms with Gasteiger partial charge < -0.3 is 5.32 Å². The molecule has 1 N–H and O–H groups in total. The summed E-state index contributed by atoms with van der Waals surface area (Å²) in [7, 11) is 0. The summed E-state index contributed by atoms with van der Waals surface area (Å²) in [4.78, 5) is 11.4. The van der Waals surface area contributed by atoms with E-state index in [0.29, 0.717) is 18.8 Å². The minimum absolute atomic E-state index is 0.201. The zero-order chi connectivity index (χ0) is 12.9. The molecule has 0 heterocycles. The van der Waals surface area contributed by atoms with Gasteiger partial charge in [0, 0.05) is 18.0 Å². The summed E-state index contributed by atoms with van der Waals surface area (Å²) < 4.78 is 36.8. The maximum Gasteiger partial charge on any atom is 0.416 e. The number of nitrogens with one attached hydrogen (secondary N) is 1. The predicted octanol–water partition coefficient (Wildman–Crippen LogP) is 3.06. The number of hydrogen-bond acceptors (Lipinski definition) is 1. The van der Waals surface area contributed by atoms with Gasteiger partial charge in [-0.1, -0.05) is 0 Å². The largest absolute Gasteiger partial charge is 0.416 e. The second-order valence-electron chi connectivity index (χ2n) is 3.37. The molecular weight excluding hydrogens is 255 g/mol. The molecule has 0 unspecified atom stereocenters. The van der Waals surface area contributed by atoms with E-state index in [1.807, 2.05) is 0 Å². The number of amides is 1. The summed E-state index contributed by atoms with van der Waals surface area (Å²) in [5.41, 5.74) is -0.567. The van der Waals surface area contributed by atoms with Crippen LogP contribution >= 0.6 is 11.6 Å². The SMILES string of the molecule is O=C(NCCCCl)c1ccc(C(F)(F)F)cc1. The molecule has 94 valence electrons. The van der Waals surface area contributed by atoms with Gasteiger partial charge >= 0.3 is 6.18 Å². The lowest BCUT2D eigenvalue weighted by Crippen LogP contribution is -2.24. The molecule has 0 aliphatic heterocycles. The molecule has 17 heavy (non-hydrogen) atoms. The minimum Gasteiger partial charge on any atom is -0.352 e. The van der Waals surface area contributed by atoms with Gasteiger partial charge in [0.25, 0.3) is 5.91 Å². The molecule has 0 aromatic heterocycles. The van der Waals surface area contributed by atoms with E-state index in [4.69, 9.17) is 11.6 Å². The van der Waals surface area contributed by atoms with Gasteiger partial charge in [0.15, 0.2) is 0 Å². The highest BCUT2D eigenvalue weighted by Gasteiger charge is 2.30. The normalized spacial score (nSPS) is 11.3. The Morgan fingerprint density at radius 3 is 2.29 bits per heavy atom. The third-order valence-corrected chi connectivity index (χ3v) is 2.34. The van der Waals surface area contributed by atoms with E-state index in [2.05, 4.69) is 5.32 Å². The van der Waals surface area contributed by atoms with E-state index in [1.54, 1.807) is 0 Å². The van der Waals surface area contributed by atoms with Gasteiger partial charge in [-0.3, -0.25) is 4.79 Å². The fraction of sp³-hybridized carbons (Fsp3) is 0.364. The van der Waals surface area contributed by atoms with Crippen LogP contribution in [0.4, 0.5) is 13.2 Å². The van der Waals surface area contributed by atoms with Gasteiger partial charge in [-0.05, 0) is 30.7 Å². The van der Waals surface area contributed by atoms with Crippen LogP contribution < -0.4 is 5.32 Å². The molecule has 0 spiro atoms. The lowest BCUT2D eigenvalue weighted by Gasteiger charge is -2.07. The topological polar surface area (TPSA) is 29.1 Å². The number of benzene rings is 1. The molecule has 1 rings (SSSR count). The van der Waals surface area contributed by atoms with Crippen LogP contribution in [0, 0.1) is 0 Å². The van der Waals surface area contributed by atoms with E-state index < -0.39 is 17.6 Å². The van der Waals surface area contributed by atoms with Gasteiger partial charge in [-0.2, -0.15) is 13.2 Å². The number of rotatable bonds is 4. The molecule has 1 aromatic carbocycles. The van der Waals surface area contributed by atoms with Crippen molar-refractivity contribution in [1.29, 1.82) is 0 Å². The molecule has 6 heteroatoms. The first kappa shape index (κ1) is 13.8. The van der Waals surface area contributed by atoms with E-state index >= 15 is 0 Å². The summed E-state index contributed by atoms with van der Waals surface area (Å²) >= 11 is 5.43. The Morgan fingerprint density at radius 2 is 1.82 bits per heavy atom. The van der Waals surface area contributed by atoms with Crippen molar-refractivity contribution in [3.63, 3.8) is 0 Å². The van der Waals surface area contributed by atoms with Gasteiger partial charge in [0.1, 0.15) is 0 Å². The predicted molar refractivity (Wildman–Crippen MR) is 59.1 cm³/mol. The fourth-order valence-electron chi connectivity index (χ4n) is 1.18. The Balaban J connectivity index is 2.64. The van der Waals surface area contributed by atoms with Crippen LogP contribution in [0.15, 0.2) is 24.3 Å². The average Bonchev–Trinajstić information content (AvgIpc) is 2.28. The Bertz CT molecular complexity index is 375.